The van der Waals surface area contributed by atoms with Gasteiger partial charge in [0.15, 0.2) is 5.65 Å². The van der Waals surface area contributed by atoms with Gasteiger partial charge >= 0.3 is 0 Å². The van der Waals surface area contributed by atoms with E-state index in [4.69, 9.17) is 5.73 Å². The Morgan fingerprint density at radius 3 is 2.89 bits per heavy atom. The molecule has 0 aliphatic carbocycles. The van der Waals surface area contributed by atoms with Gasteiger partial charge in [0.05, 0.1) is 5.69 Å². The van der Waals surface area contributed by atoms with Crippen LogP contribution >= 0.6 is 0 Å². The molecular formula is C13H19N5. The van der Waals surface area contributed by atoms with Crippen LogP contribution in [-0.2, 0) is 0 Å². The molecule has 18 heavy (non-hydrogen) atoms. The average Bonchev–Trinajstić information content (AvgIpc) is 2.84. The summed E-state index contributed by atoms with van der Waals surface area (Å²) in [6.45, 7) is 5.66. The van der Waals surface area contributed by atoms with E-state index >= 15 is 0 Å². The molecule has 3 heterocycles. The van der Waals surface area contributed by atoms with Crippen LogP contribution in [0.15, 0.2) is 12.3 Å². The number of rotatable bonds is 2. The maximum Gasteiger partial charge on any atom is 0.179 e. The highest BCUT2D eigenvalue weighted by Crippen LogP contribution is 2.28. The molecule has 1 aliphatic rings. The fourth-order valence-electron chi connectivity index (χ4n) is 2.66. The van der Waals surface area contributed by atoms with E-state index in [9.17, 15) is 0 Å². The normalized spacial score (nSPS) is 18.5. The van der Waals surface area contributed by atoms with Gasteiger partial charge in [-0.25, -0.2) is 9.97 Å². The lowest BCUT2D eigenvalue weighted by Crippen LogP contribution is -2.32. The summed E-state index contributed by atoms with van der Waals surface area (Å²) in [6, 6.07) is 1.81. The van der Waals surface area contributed by atoms with Crippen molar-refractivity contribution in [2.24, 2.45) is 0 Å². The molecule has 2 aromatic rings. The van der Waals surface area contributed by atoms with E-state index < -0.39 is 0 Å². The summed E-state index contributed by atoms with van der Waals surface area (Å²) in [7, 11) is 0. The maximum atomic E-state index is 5.92. The largest absolute Gasteiger partial charge is 0.397 e. The fraction of sp³-hybridized carbons (Fsp3) is 0.538. The van der Waals surface area contributed by atoms with Crippen LogP contribution in [0.1, 0.15) is 31.5 Å². The summed E-state index contributed by atoms with van der Waals surface area (Å²) in [5.74, 6) is 1.56. The summed E-state index contributed by atoms with van der Waals surface area (Å²) < 4.78 is 0. The third kappa shape index (κ3) is 1.95. The first-order valence-corrected chi connectivity index (χ1v) is 6.60. The number of aromatic nitrogens is 3. The number of H-pyrrole nitrogens is 1. The molecule has 0 amide bonds. The van der Waals surface area contributed by atoms with E-state index in [1.54, 1.807) is 6.20 Å². The molecule has 0 unspecified atom stereocenters. The topological polar surface area (TPSA) is 70.8 Å². The number of pyridine rings is 1. The highest BCUT2D eigenvalue weighted by molar-refractivity contribution is 5.83. The smallest absolute Gasteiger partial charge is 0.179 e. The fourth-order valence-corrected chi connectivity index (χ4v) is 2.66. The molecule has 3 rings (SSSR count). The van der Waals surface area contributed by atoms with Crippen molar-refractivity contribution in [2.45, 2.75) is 25.7 Å². The number of hydrogen-bond donors (Lipinski definition) is 2. The zero-order valence-electron chi connectivity index (χ0n) is 10.7. The van der Waals surface area contributed by atoms with Gasteiger partial charge < -0.3 is 15.6 Å². The standard InChI is InChI=1S/C13H19N5/c1-2-18-7-4-9(5-8-18)12-16-11-10(14)3-6-15-13(11)17-12/h3,6,9H,2,4-5,7-8H2,1H3,(H3,14,15,16,17). The Hall–Kier alpha value is -1.62. The van der Waals surface area contributed by atoms with Gasteiger partial charge in [-0.15, -0.1) is 0 Å². The quantitative estimate of drug-likeness (QED) is 0.845. The molecule has 0 radical (unpaired) electrons. The Kier molecular flexibility index (Phi) is 2.91. The number of fused-ring (bicyclic) bond motifs is 1. The minimum Gasteiger partial charge on any atom is -0.397 e. The summed E-state index contributed by atoms with van der Waals surface area (Å²) in [5.41, 5.74) is 8.27. The summed E-state index contributed by atoms with van der Waals surface area (Å²) in [6.07, 6.45) is 4.03. The Bertz CT molecular complexity index is 539. The Balaban J connectivity index is 1.85. The number of anilines is 1. The molecule has 0 spiro atoms. The number of nitrogens with two attached hydrogens (primary N) is 1. The molecule has 0 aromatic carbocycles. The number of aromatic amines is 1. The van der Waals surface area contributed by atoms with Crippen LogP contribution in [0.3, 0.4) is 0 Å². The highest BCUT2D eigenvalue weighted by atomic mass is 15.1. The number of nitrogens with zero attached hydrogens (tertiary/aromatic N) is 3. The van der Waals surface area contributed by atoms with Crippen molar-refractivity contribution >= 4 is 16.9 Å². The van der Waals surface area contributed by atoms with Crippen molar-refractivity contribution in [2.75, 3.05) is 25.4 Å². The van der Waals surface area contributed by atoms with Gasteiger partial charge in [0.1, 0.15) is 11.3 Å². The number of likely N-dealkylation sites (tertiary alicyclic amines) is 1. The van der Waals surface area contributed by atoms with Gasteiger partial charge in [-0.2, -0.15) is 0 Å². The summed E-state index contributed by atoms with van der Waals surface area (Å²) >= 11 is 0. The molecule has 0 atom stereocenters. The van der Waals surface area contributed by atoms with Crippen LogP contribution in [-0.4, -0.2) is 39.5 Å². The first kappa shape index (κ1) is 11.5. The van der Waals surface area contributed by atoms with E-state index in [0.717, 1.165) is 55.2 Å². The number of hydrogen-bond acceptors (Lipinski definition) is 4. The Morgan fingerprint density at radius 2 is 2.22 bits per heavy atom. The van der Waals surface area contributed by atoms with Crippen LogP contribution in [0.25, 0.3) is 11.2 Å². The Morgan fingerprint density at radius 1 is 1.44 bits per heavy atom. The molecule has 1 fully saturated rings. The van der Waals surface area contributed by atoms with E-state index in [0.29, 0.717) is 5.92 Å². The lowest BCUT2D eigenvalue weighted by Gasteiger charge is -2.29. The molecule has 5 heteroatoms. The molecular weight excluding hydrogens is 226 g/mol. The third-order valence-corrected chi connectivity index (χ3v) is 3.86. The van der Waals surface area contributed by atoms with Gasteiger partial charge in [-0.3, -0.25) is 0 Å². The van der Waals surface area contributed by atoms with Gasteiger partial charge in [0, 0.05) is 12.1 Å². The van der Waals surface area contributed by atoms with Crippen molar-refractivity contribution in [3.05, 3.63) is 18.1 Å². The molecule has 96 valence electrons. The highest BCUT2D eigenvalue weighted by Gasteiger charge is 2.22. The second-order valence-electron chi connectivity index (χ2n) is 4.93. The van der Waals surface area contributed by atoms with Crippen LogP contribution in [0.4, 0.5) is 5.69 Å². The predicted molar refractivity (Wildman–Crippen MR) is 72.4 cm³/mol. The van der Waals surface area contributed by atoms with Crippen molar-refractivity contribution in [1.82, 2.24) is 19.9 Å². The van der Waals surface area contributed by atoms with E-state index in [2.05, 4.69) is 26.8 Å². The maximum absolute atomic E-state index is 5.92. The van der Waals surface area contributed by atoms with Crippen molar-refractivity contribution in [1.29, 1.82) is 0 Å². The molecule has 1 aliphatic heterocycles. The average molecular weight is 245 g/mol. The molecule has 3 N–H and O–H groups in total. The van der Waals surface area contributed by atoms with E-state index in [1.807, 2.05) is 6.07 Å². The minimum atomic E-state index is 0.515. The van der Waals surface area contributed by atoms with Gasteiger partial charge in [0.2, 0.25) is 0 Å². The van der Waals surface area contributed by atoms with Crippen LogP contribution in [0, 0.1) is 0 Å². The van der Waals surface area contributed by atoms with Crippen LogP contribution < -0.4 is 5.73 Å². The molecule has 1 saturated heterocycles. The van der Waals surface area contributed by atoms with E-state index in [1.165, 1.54) is 0 Å². The molecule has 2 aromatic heterocycles. The third-order valence-electron chi connectivity index (χ3n) is 3.86. The zero-order chi connectivity index (χ0) is 12.5. The second kappa shape index (κ2) is 4.57. The summed E-state index contributed by atoms with van der Waals surface area (Å²) in [4.78, 5) is 14.7. The molecule has 0 bridgehead atoms. The van der Waals surface area contributed by atoms with Gasteiger partial charge in [-0.05, 0) is 38.5 Å². The second-order valence-corrected chi connectivity index (χ2v) is 4.93. The summed E-state index contributed by atoms with van der Waals surface area (Å²) in [5, 5.41) is 0. The first-order valence-electron chi connectivity index (χ1n) is 6.60. The molecule has 5 nitrogen and oxygen atoms in total. The SMILES string of the molecule is CCN1CCC(c2nc3nccc(N)c3[nH]2)CC1. The minimum absolute atomic E-state index is 0.515. The number of imidazole rings is 1. The Labute approximate surface area is 106 Å². The monoisotopic (exact) mass is 245 g/mol. The van der Waals surface area contributed by atoms with Crippen LogP contribution in [0.2, 0.25) is 0 Å². The van der Waals surface area contributed by atoms with Gasteiger partial charge in [-0.1, -0.05) is 6.92 Å². The zero-order valence-corrected chi connectivity index (χ0v) is 10.7. The predicted octanol–water partition coefficient (Wildman–Crippen LogP) is 1.74. The van der Waals surface area contributed by atoms with Crippen molar-refractivity contribution in [3.63, 3.8) is 0 Å². The van der Waals surface area contributed by atoms with Crippen molar-refractivity contribution in [3.8, 4) is 0 Å². The van der Waals surface area contributed by atoms with Gasteiger partial charge in [0.25, 0.3) is 0 Å². The van der Waals surface area contributed by atoms with Crippen molar-refractivity contribution < 1.29 is 0 Å². The number of nitrogen functional groups attached to an aromatic ring is 1. The molecule has 0 saturated carbocycles. The van der Waals surface area contributed by atoms with E-state index in [-0.39, 0.29) is 0 Å². The number of nitrogens with one attached hydrogen (secondary N) is 1. The lowest BCUT2D eigenvalue weighted by atomic mass is 9.96. The number of piperidine rings is 1. The van der Waals surface area contributed by atoms with Crippen LogP contribution in [0.5, 0.6) is 0 Å². The lowest BCUT2D eigenvalue weighted by molar-refractivity contribution is 0.219. The first-order chi connectivity index (χ1) is 8.78.